The van der Waals surface area contributed by atoms with Gasteiger partial charge in [-0.05, 0) is 30.0 Å². The highest BCUT2D eigenvalue weighted by atomic mass is 14.1. The van der Waals surface area contributed by atoms with Gasteiger partial charge < -0.3 is 0 Å². The molecule has 0 spiro atoms. The molecule has 0 N–H and O–H groups in total. The van der Waals surface area contributed by atoms with Crippen molar-refractivity contribution in [2.45, 2.75) is 13.3 Å². The molecule has 0 bridgehead atoms. The van der Waals surface area contributed by atoms with E-state index in [-0.39, 0.29) is 0 Å². The normalized spacial score (nSPS) is 11.3. The van der Waals surface area contributed by atoms with Crippen molar-refractivity contribution < 1.29 is 0 Å². The van der Waals surface area contributed by atoms with Gasteiger partial charge >= 0.3 is 0 Å². The van der Waals surface area contributed by atoms with Gasteiger partial charge in [-0.2, -0.15) is 0 Å². The van der Waals surface area contributed by atoms with E-state index in [1.54, 1.807) is 0 Å². The summed E-state index contributed by atoms with van der Waals surface area (Å²) in [5, 5.41) is 0. The molecule has 0 aliphatic carbocycles. The first kappa shape index (κ1) is 12.4. The monoisotopic (exact) mass is 234 g/mol. The largest absolute Gasteiger partial charge is 0.0998 e. The number of hydrogen-bond donors (Lipinski definition) is 0. The lowest BCUT2D eigenvalue weighted by Crippen LogP contribution is -1.86. The number of benzene rings is 2. The summed E-state index contributed by atoms with van der Waals surface area (Å²) >= 11 is 0. The highest BCUT2D eigenvalue weighted by Crippen LogP contribution is 2.24. The second-order valence-corrected chi connectivity index (χ2v) is 4.58. The van der Waals surface area contributed by atoms with E-state index in [1.807, 2.05) is 12.1 Å². The molecule has 0 heterocycles. The number of allylic oxidation sites excluding steroid dienone is 2. The van der Waals surface area contributed by atoms with Crippen molar-refractivity contribution in [1.82, 2.24) is 0 Å². The molecule has 90 valence electrons. The Balaban J connectivity index is 2.37. The van der Waals surface area contributed by atoms with Crippen molar-refractivity contribution >= 4 is 11.6 Å². The molecule has 2 aromatic rings. The van der Waals surface area contributed by atoms with Crippen LogP contribution < -0.4 is 0 Å². The fourth-order valence-corrected chi connectivity index (χ4v) is 1.96. The Bertz CT molecular complexity index is 533. The molecule has 0 aromatic heterocycles. The first-order valence-corrected chi connectivity index (χ1v) is 6.21. The zero-order valence-electron chi connectivity index (χ0n) is 10.8. The van der Waals surface area contributed by atoms with Crippen LogP contribution in [-0.2, 0) is 0 Å². The summed E-state index contributed by atoms with van der Waals surface area (Å²) in [4.78, 5) is 0. The molecule has 0 amide bonds. The second-order valence-electron chi connectivity index (χ2n) is 4.58. The van der Waals surface area contributed by atoms with Gasteiger partial charge in [0.1, 0.15) is 0 Å². The summed E-state index contributed by atoms with van der Waals surface area (Å²) in [6.07, 6.45) is 3.16. The first-order chi connectivity index (χ1) is 8.75. The Kier molecular flexibility index (Phi) is 4.14. The SMILES string of the molecule is C=C(C)CC(=Cc1ccccc1)c1ccccc1. The minimum Gasteiger partial charge on any atom is -0.0998 e. The van der Waals surface area contributed by atoms with Crippen molar-refractivity contribution in [2.24, 2.45) is 0 Å². The predicted octanol–water partition coefficient (Wildman–Crippen LogP) is 5.19. The summed E-state index contributed by atoms with van der Waals surface area (Å²) in [5.41, 5.74) is 5.00. The van der Waals surface area contributed by atoms with Gasteiger partial charge in [-0.3, -0.25) is 0 Å². The van der Waals surface area contributed by atoms with E-state index >= 15 is 0 Å². The molecule has 18 heavy (non-hydrogen) atoms. The van der Waals surface area contributed by atoms with E-state index in [4.69, 9.17) is 0 Å². The van der Waals surface area contributed by atoms with Gasteiger partial charge in [-0.25, -0.2) is 0 Å². The summed E-state index contributed by atoms with van der Waals surface area (Å²) in [5.74, 6) is 0. The van der Waals surface area contributed by atoms with Gasteiger partial charge in [-0.15, -0.1) is 0 Å². The Labute approximate surface area is 109 Å². The zero-order valence-corrected chi connectivity index (χ0v) is 10.8. The maximum atomic E-state index is 4.02. The predicted molar refractivity (Wildman–Crippen MR) is 80.2 cm³/mol. The molecule has 0 unspecified atom stereocenters. The van der Waals surface area contributed by atoms with Crippen LogP contribution in [0.2, 0.25) is 0 Å². The summed E-state index contributed by atoms with van der Waals surface area (Å²) in [6, 6.07) is 20.9. The fourth-order valence-electron chi connectivity index (χ4n) is 1.96. The smallest absolute Gasteiger partial charge is 0.00664 e. The third kappa shape index (κ3) is 3.46. The van der Waals surface area contributed by atoms with Crippen LogP contribution in [0.15, 0.2) is 72.8 Å². The Morgan fingerprint density at radius 1 is 0.944 bits per heavy atom. The third-order valence-corrected chi connectivity index (χ3v) is 2.78. The van der Waals surface area contributed by atoms with E-state index in [1.165, 1.54) is 22.3 Å². The average Bonchev–Trinajstić information content (AvgIpc) is 2.40. The van der Waals surface area contributed by atoms with Crippen LogP contribution in [0.1, 0.15) is 24.5 Å². The minimum atomic E-state index is 0.916. The third-order valence-electron chi connectivity index (χ3n) is 2.78. The van der Waals surface area contributed by atoms with Gasteiger partial charge in [0.25, 0.3) is 0 Å². The molecule has 0 radical (unpaired) electrons. The zero-order chi connectivity index (χ0) is 12.8. The van der Waals surface area contributed by atoms with Gasteiger partial charge in [0.2, 0.25) is 0 Å². The van der Waals surface area contributed by atoms with Crippen molar-refractivity contribution in [1.29, 1.82) is 0 Å². The Morgan fingerprint density at radius 2 is 1.50 bits per heavy atom. The molecule has 0 fully saturated rings. The molecule has 0 heteroatoms. The summed E-state index contributed by atoms with van der Waals surface area (Å²) in [6.45, 7) is 6.09. The lowest BCUT2D eigenvalue weighted by atomic mass is 9.97. The van der Waals surface area contributed by atoms with Crippen LogP contribution in [0.4, 0.5) is 0 Å². The topological polar surface area (TPSA) is 0 Å². The van der Waals surface area contributed by atoms with Crippen molar-refractivity contribution in [3.63, 3.8) is 0 Å². The van der Waals surface area contributed by atoms with Crippen LogP contribution in [0.5, 0.6) is 0 Å². The maximum absolute atomic E-state index is 4.02. The van der Waals surface area contributed by atoms with Crippen LogP contribution >= 0.6 is 0 Å². The molecular weight excluding hydrogens is 216 g/mol. The van der Waals surface area contributed by atoms with Crippen LogP contribution in [-0.4, -0.2) is 0 Å². The van der Waals surface area contributed by atoms with E-state index < -0.39 is 0 Å². The average molecular weight is 234 g/mol. The van der Waals surface area contributed by atoms with Crippen LogP contribution in [0.25, 0.3) is 11.6 Å². The highest BCUT2D eigenvalue weighted by Gasteiger charge is 2.01. The molecule has 2 rings (SSSR count). The van der Waals surface area contributed by atoms with E-state index in [0.29, 0.717) is 0 Å². The van der Waals surface area contributed by atoms with E-state index in [0.717, 1.165) is 6.42 Å². The minimum absolute atomic E-state index is 0.916. The van der Waals surface area contributed by atoms with Gasteiger partial charge in [-0.1, -0.05) is 78.9 Å². The number of rotatable bonds is 4. The molecule has 0 saturated heterocycles. The fraction of sp³-hybridized carbons (Fsp3) is 0.111. The van der Waals surface area contributed by atoms with Gasteiger partial charge in [0.15, 0.2) is 0 Å². The van der Waals surface area contributed by atoms with Gasteiger partial charge in [0.05, 0.1) is 0 Å². The van der Waals surface area contributed by atoms with Crippen molar-refractivity contribution in [3.05, 3.63) is 83.9 Å². The van der Waals surface area contributed by atoms with E-state index in [9.17, 15) is 0 Å². The maximum Gasteiger partial charge on any atom is -0.00664 e. The molecule has 2 aromatic carbocycles. The lowest BCUT2D eigenvalue weighted by Gasteiger charge is -2.08. The quantitative estimate of drug-likeness (QED) is 0.504. The lowest BCUT2D eigenvalue weighted by molar-refractivity contribution is 1.25. The van der Waals surface area contributed by atoms with Crippen molar-refractivity contribution in [3.8, 4) is 0 Å². The molecule has 0 atom stereocenters. The highest BCUT2D eigenvalue weighted by molar-refractivity contribution is 5.82. The van der Waals surface area contributed by atoms with Crippen LogP contribution in [0, 0.1) is 0 Å². The number of hydrogen-bond acceptors (Lipinski definition) is 0. The molecule has 0 aliphatic rings. The van der Waals surface area contributed by atoms with Crippen molar-refractivity contribution in [2.75, 3.05) is 0 Å². The summed E-state index contributed by atoms with van der Waals surface area (Å²) in [7, 11) is 0. The molecular formula is C18H18. The van der Waals surface area contributed by atoms with Crippen LogP contribution in [0.3, 0.4) is 0 Å². The Morgan fingerprint density at radius 3 is 2.06 bits per heavy atom. The van der Waals surface area contributed by atoms with Gasteiger partial charge in [0, 0.05) is 0 Å². The summed E-state index contributed by atoms with van der Waals surface area (Å²) < 4.78 is 0. The van der Waals surface area contributed by atoms with E-state index in [2.05, 4.69) is 68.1 Å². The standard InChI is InChI=1S/C18H18/c1-15(2)13-18(17-11-7-4-8-12-17)14-16-9-5-3-6-10-16/h3-12,14H,1,13H2,2H3. The first-order valence-electron chi connectivity index (χ1n) is 6.21. The Hall–Kier alpha value is -2.08. The molecule has 0 aliphatic heterocycles. The molecule has 0 nitrogen and oxygen atoms in total. The second kappa shape index (κ2) is 6.02. The molecule has 0 saturated carbocycles.